The van der Waals surface area contributed by atoms with Crippen LogP contribution in [0.15, 0.2) is 24.4 Å². The van der Waals surface area contributed by atoms with Crippen molar-refractivity contribution in [2.45, 2.75) is 59.5 Å². The van der Waals surface area contributed by atoms with Crippen LogP contribution in [0.2, 0.25) is 5.15 Å². The van der Waals surface area contributed by atoms with E-state index in [0.717, 1.165) is 5.39 Å². The molecular weight excluding hydrogens is 422 g/mol. The third-order valence-electron chi connectivity index (χ3n) is 4.29. The van der Waals surface area contributed by atoms with Crippen LogP contribution >= 0.6 is 11.6 Å². The lowest BCUT2D eigenvalue weighted by molar-refractivity contribution is -0.0000972. The van der Waals surface area contributed by atoms with Crippen molar-refractivity contribution in [1.82, 2.24) is 9.55 Å². The highest BCUT2D eigenvalue weighted by Crippen LogP contribution is 2.35. The molecule has 2 N–H and O–H groups in total. The molecule has 31 heavy (non-hydrogen) atoms. The van der Waals surface area contributed by atoms with Crippen LogP contribution in [0.1, 0.15) is 62.4 Å². The molecule has 0 unspecified atom stereocenters. The first-order valence-corrected chi connectivity index (χ1v) is 10.1. The number of aromatic nitrogens is 2. The van der Waals surface area contributed by atoms with Gasteiger partial charge in [0.15, 0.2) is 0 Å². The van der Waals surface area contributed by atoms with Gasteiger partial charge in [-0.25, -0.2) is 20.5 Å². The van der Waals surface area contributed by atoms with Crippen LogP contribution in [0, 0.1) is 0 Å². The molecule has 1 aromatic carbocycles. The fourth-order valence-corrected chi connectivity index (χ4v) is 3.48. The molecule has 0 atom stereocenters. The fraction of sp³-hybridized carbons (Fsp3) is 0.409. The fourth-order valence-electron chi connectivity index (χ4n) is 3.32. The van der Waals surface area contributed by atoms with E-state index in [1.54, 1.807) is 65.9 Å². The molecule has 0 bridgehead atoms. The Kier molecular flexibility index (Phi) is 6.01. The number of hydrogen-bond donors (Lipinski definition) is 1. The first-order valence-electron chi connectivity index (χ1n) is 9.71. The van der Waals surface area contributed by atoms with Crippen LogP contribution in [0.4, 0.5) is 0 Å². The van der Waals surface area contributed by atoms with E-state index in [1.807, 2.05) is 0 Å². The molecule has 2 aromatic heterocycles. The van der Waals surface area contributed by atoms with Gasteiger partial charge < -0.3 is 14.0 Å². The second-order valence-corrected chi connectivity index (χ2v) is 9.53. The Labute approximate surface area is 185 Å². The highest BCUT2D eigenvalue weighted by molar-refractivity contribution is 6.30. The van der Waals surface area contributed by atoms with Crippen LogP contribution in [0.3, 0.4) is 0 Å². The topological polar surface area (TPSA) is 106 Å². The maximum absolute atomic E-state index is 13.2. The van der Waals surface area contributed by atoms with Gasteiger partial charge in [0.1, 0.15) is 34.3 Å². The molecule has 0 saturated heterocycles. The van der Waals surface area contributed by atoms with Gasteiger partial charge in [-0.15, -0.1) is 0 Å². The number of nitrogens with two attached hydrogens (primary N) is 1. The van der Waals surface area contributed by atoms with Crippen molar-refractivity contribution in [1.29, 1.82) is 0 Å². The minimum absolute atomic E-state index is 0.00920. The van der Waals surface area contributed by atoms with E-state index < -0.39 is 23.1 Å². The number of rotatable bonds is 4. The van der Waals surface area contributed by atoms with Gasteiger partial charge in [-0.05, 0) is 47.6 Å². The van der Waals surface area contributed by atoms with Crippen molar-refractivity contribution in [3.05, 3.63) is 40.8 Å². The molecule has 0 saturated carbocycles. The summed E-state index contributed by atoms with van der Waals surface area (Å²) >= 11 is 6.13. The maximum atomic E-state index is 13.2. The first kappa shape index (κ1) is 23.0. The summed E-state index contributed by atoms with van der Waals surface area (Å²) in [5.74, 6) is 4.02. The van der Waals surface area contributed by atoms with Crippen LogP contribution in [-0.2, 0) is 21.0 Å². The lowest BCUT2D eigenvalue weighted by Crippen LogP contribution is -2.29. The molecule has 0 aliphatic heterocycles. The molecule has 3 aromatic rings. The predicted octanol–water partition coefficient (Wildman–Crippen LogP) is 4.60. The summed E-state index contributed by atoms with van der Waals surface area (Å²) in [7, 11) is 0. The van der Waals surface area contributed by atoms with Crippen LogP contribution in [-0.4, -0.2) is 32.7 Å². The summed E-state index contributed by atoms with van der Waals surface area (Å²) in [6, 6.07) is 5.18. The molecule has 0 amide bonds. The number of fused-ring (bicyclic) bond motifs is 3. The molecule has 0 aliphatic carbocycles. The molecule has 0 radical (unpaired) electrons. The Morgan fingerprint density at radius 3 is 2.23 bits per heavy atom. The van der Waals surface area contributed by atoms with Gasteiger partial charge in [0.2, 0.25) is 0 Å². The van der Waals surface area contributed by atoms with Crippen molar-refractivity contribution >= 4 is 45.2 Å². The summed E-state index contributed by atoms with van der Waals surface area (Å²) in [5.41, 5.74) is -0.960. The molecule has 8 nitrogen and oxygen atoms in total. The number of esters is 2. The van der Waals surface area contributed by atoms with E-state index in [4.69, 9.17) is 31.8 Å². The molecule has 166 valence electrons. The van der Waals surface area contributed by atoms with Crippen LogP contribution in [0.25, 0.3) is 21.7 Å². The van der Waals surface area contributed by atoms with Gasteiger partial charge >= 0.3 is 11.9 Å². The number of carbonyl (C=O) groups excluding carboxylic acids is 2. The van der Waals surface area contributed by atoms with Crippen molar-refractivity contribution in [3.8, 4) is 0 Å². The van der Waals surface area contributed by atoms with E-state index in [0.29, 0.717) is 16.3 Å². The standard InChI is InChI=1S/C22H26ClN3O5/c1-21(2,3)30-19(27)16-13-8-7-12-10-25-15(23)9-14(12)17(13)26(11-29-24)18(16)20(28)31-22(4,5)6/h7-10H,11,24H2,1-6H3. The van der Waals surface area contributed by atoms with Gasteiger partial charge in [0, 0.05) is 22.4 Å². The molecule has 3 rings (SSSR count). The Morgan fingerprint density at radius 2 is 1.65 bits per heavy atom. The summed E-state index contributed by atoms with van der Waals surface area (Å²) in [4.78, 5) is 35.5. The van der Waals surface area contributed by atoms with E-state index in [2.05, 4.69) is 4.98 Å². The summed E-state index contributed by atoms with van der Waals surface area (Å²) < 4.78 is 12.7. The van der Waals surface area contributed by atoms with Crippen molar-refractivity contribution in [2.75, 3.05) is 0 Å². The largest absolute Gasteiger partial charge is 0.456 e. The smallest absolute Gasteiger partial charge is 0.356 e. The third kappa shape index (κ3) is 4.81. The second kappa shape index (κ2) is 8.11. The Morgan fingerprint density at radius 1 is 1.03 bits per heavy atom. The number of hydrogen-bond acceptors (Lipinski definition) is 7. The van der Waals surface area contributed by atoms with Gasteiger partial charge in [0.05, 0.1) is 5.52 Å². The highest BCUT2D eigenvalue weighted by Gasteiger charge is 2.33. The van der Waals surface area contributed by atoms with Crippen molar-refractivity contribution in [2.24, 2.45) is 5.90 Å². The van der Waals surface area contributed by atoms with Gasteiger partial charge in [0.25, 0.3) is 0 Å². The lowest BCUT2D eigenvalue weighted by atomic mass is 10.1. The Balaban J connectivity index is 2.43. The summed E-state index contributed by atoms with van der Waals surface area (Å²) in [6.07, 6.45) is 1.61. The molecular formula is C22H26ClN3O5. The van der Waals surface area contributed by atoms with E-state index >= 15 is 0 Å². The highest BCUT2D eigenvalue weighted by atomic mass is 35.5. The minimum Gasteiger partial charge on any atom is -0.456 e. The Bertz CT molecular complexity index is 1170. The van der Waals surface area contributed by atoms with Gasteiger partial charge in [-0.2, -0.15) is 0 Å². The molecule has 0 spiro atoms. The number of ether oxygens (including phenoxy) is 2. The molecule has 0 aliphatic rings. The minimum atomic E-state index is -0.789. The average molecular weight is 448 g/mol. The van der Waals surface area contributed by atoms with E-state index in [9.17, 15) is 9.59 Å². The van der Waals surface area contributed by atoms with Crippen molar-refractivity contribution in [3.63, 3.8) is 0 Å². The quantitative estimate of drug-likeness (QED) is 0.354. The zero-order valence-electron chi connectivity index (χ0n) is 18.4. The number of halogens is 1. The first-order chi connectivity index (χ1) is 14.3. The van der Waals surface area contributed by atoms with Crippen LogP contribution in [0.5, 0.6) is 0 Å². The van der Waals surface area contributed by atoms with Gasteiger partial charge in [-0.1, -0.05) is 23.7 Å². The molecule has 0 fully saturated rings. The number of pyridine rings is 1. The van der Waals surface area contributed by atoms with E-state index in [-0.39, 0.29) is 23.1 Å². The average Bonchev–Trinajstić information content (AvgIpc) is 2.94. The van der Waals surface area contributed by atoms with Gasteiger partial charge in [-0.3, -0.25) is 4.84 Å². The Hall–Kier alpha value is -2.68. The summed E-state index contributed by atoms with van der Waals surface area (Å²) in [6.45, 7) is 10.3. The number of nitrogens with zero attached hydrogens (tertiary/aromatic N) is 2. The zero-order chi connectivity index (χ0) is 23.1. The molecule has 9 heteroatoms. The van der Waals surface area contributed by atoms with E-state index in [1.165, 1.54) is 4.57 Å². The van der Waals surface area contributed by atoms with Crippen molar-refractivity contribution < 1.29 is 23.9 Å². The zero-order valence-corrected chi connectivity index (χ0v) is 19.2. The lowest BCUT2D eigenvalue weighted by Gasteiger charge is -2.22. The maximum Gasteiger partial charge on any atom is 0.356 e. The molecule has 2 heterocycles. The normalized spacial score (nSPS) is 12.4. The third-order valence-corrected chi connectivity index (χ3v) is 4.49. The second-order valence-electron chi connectivity index (χ2n) is 9.14. The SMILES string of the molecule is CC(C)(C)OC(=O)c1c(C(=O)OC(C)(C)C)n(CON)c2c1ccc1cnc(Cl)cc12. The summed E-state index contributed by atoms with van der Waals surface area (Å²) in [5, 5.41) is 2.19. The van der Waals surface area contributed by atoms with Crippen LogP contribution < -0.4 is 5.90 Å². The monoisotopic (exact) mass is 447 g/mol. The number of benzene rings is 1. The predicted molar refractivity (Wildman–Crippen MR) is 118 cm³/mol. The number of carbonyl (C=O) groups is 2.